The Morgan fingerprint density at radius 3 is 2.65 bits per heavy atom. The molecule has 0 bridgehead atoms. The maximum absolute atomic E-state index is 13.0. The second-order valence-electron chi connectivity index (χ2n) is 4.58. The van der Waals surface area contributed by atoms with Crippen LogP contribution in [0.1, 0.15) is 31.7 Å². The monoisotopic (exact) mass is 324 g/mol. The summed E-state index contributed by atoms with van der Waals surface area (Å²) in [4.78, 5) is 0. The van der Waals surface area contributed by atoms with Gasteiger partial charge in [0.15, 0.2) is 0 Å². The highest BCUT2D eigenvalue weighted by molar-refractivity contribution is 7.88. The molecule has 0 saturated carbocycles. The number of rotatable bonds is 8. The van der Waals surface area contributed by atoms with Crippen molar-refractivity contribution in [3.63, 3.8) is 0 Å². The highest BCUT2D eigenvalue weighted by atomic mass is 35.5. The third-order valence-electron chi connectivity index (χ3n) is 2.78. The van der Waals surface area contributed by atoms with Crippen molar-refractivity contribution < 1.29 is 12.8 Å². The van der Waals surface area contributed by atoms with Crippen LogP contribution < -0.4 is 10.5 Å². The molecule has 0 aliphatic carbocycles. The molecule has 116 valence electrons. The van der Waals surface area contributed by atoms with Crippen molar-refractivity contribution in [1.29, 1.82) is 0 Å². The Hall–Kier alpha value is -0.690. The minimum absolute atomic E-state index is 0. The molecule has 0 aliphatic rings. The number of nitrogens with one attached hydrogen (secondary N) is 1. The molecule has 0 aromatic heterocycles. The van der Waals surface area contributed by atoms with E-state index in [0.29, 0.717) is 5.56 Å². The SMILES string of the molecule is CCCCC(CN)NS(=O)(=O)Cc1cccc(F)c1.Cl. The third kappa shape index (κ3) is 7.19. The quantitative estimate of drug-likeness (QED) is 0.770. The van der Waals surface area contributed by atoms with Crippen LogP contribution in [0.2, 0.25) is 0 Å². The zero-order chi connectivity index (χ0) is 14.3. The minimum atomic E-state index is -3.49. The Morgan fingerprint density at radius 2 is 2.10 bits per heavy atom. The maximum Gasteiger partial charge on any atom is 0.216 e. The maximum atomic E-state index is 13.0. The van der Waals surface area contributed by atoms with Crippen LogP contribution in [0.4, 0.5) is 4.39 Å². The number of nitrogens with two attached hydrogens (primary N) is 1. The molecule has 1 rings (SSSR count). The van der Waals surface area contributed by atoms with Gasteiger partial charge in [-0.05, 0) is 24.1 Å². The molecule has 0 radical (unpaired) electrons. The van der Waals surface area contributed by atoms with Gasteiger partial charge in [-0.1, -0.05) is 31.9 Å². The second-order valence-corrected chi connectivity index (χ2v) is 6.34. The Morgan fingerprint density at radius 1 is 1.40 bits per heavy atom. The fraction of sp³-hybridized carbons (Fsp3) is 0.538. The molecular formula is C13H22ClFN2O2S. The molecule has 0 amide bonds. The second kappa shape index (κ2) is 9.28. The molecule has 0 heterocycles. The first-order valence-corrected chi connectivity index (χ1v) is 8.06. The van der Waals surface area contributed by atoms with Crippen LogP contribution in [0.15, 0.2) is 24.3 Å². The molecule has 1 unspecified atom stereocenters. The topological polar surface area (TPSA) is 72.2 Å². The molecule has 4 nitrogen and oxygen atoms in total. The summed E-state index contributed by atoms with van der Waals surface area (Å²) in [7, 11) is -3.49. The normalized spacial score (nSPS) is 12.8. The molecule has 20 heavy (non-hydrogen) atoms. The first-order chi connectivity index (χ1) is 8.96. The standard InChI is InChI=1S/C13H21FN2O2S.ClH/c1-2-3-7-13(9-15)16-19(17,18)10-11-5-4-6-12(14)8-11;/h4-6,8,13,16H,2-3,7,9-10,15H2,1H3;1H. The predicted octanol–water partition coefficient (Wildman–Crippen LogP) is 2.18. The molecule has 1 aromatic rings. The summed E-state index contributed by atoms with van der Waals surface area (Å²) in [5, 5.41) is 0. The van der Waals surface area contributed by atoms with Crippen molar-refractivity contribution >= 4 is 22.4 Å². The first kappa shape index (κ1) is 19.3. The van der Waals surface area contributed by atoms with Crippen molar-refractivity contribution in [2.75, 3.05) is 6.54 Å². The number of hydrogen-bond acceptors (Lipinski definition) is 3. The molecule has 7 heteroatoms. The molecular weight excluding hydrogens is 303 g/mol. The third-order valence-corrected chi connectivity index (χ3v) is 4.19. The highest BCUT2D eigenvalue weighted by Crippen LogP contribution is 2.09. The Bertz CT molecular complexity index is 497. The molecule has 0 fully saturated rings. The van der Waals surface area contributed by atoms with Gasteiger partial charge in [-0.3, -0.25) is 0 Å². The molecule has 1 aromatic carbocycles. The van der Waals surface area contributed by atoms with E-state index in [1.165, 1.54) is 18.2 Å². The summed E-state index contributed by atoms with van der Waals surface area (Å²) in [6, 6.07) is 5.35. The van der Waals surface area contributed by atoms with E-state index in [2.05, 4.69) is 4.72 Å². The summed E-state index contributed by atoms with van der Waals surface area (Å²) in [6.07, 6.45) is 2.63. The molecule has 0 aliphatic heterocycles. The van der Waals surface area contributed by atoms with E-state index in [-0.39, 0.29) is 30.7 Å². The van der Waals surface area contributed by atoms with Gasteiger partial charge >= 0.3 is 0 Å². The van der Waals surface area contributed by atoms with E-state index >= 15 is 0 Å². The summed E-state index contributed by atoms with van der Waals surface area (Å²) in [5.41, 5.74) is 5.98. The summed E-state index contributed by atoms with van der Waals surface area (Å²) < 4.78 is 39.5. The van der Waals surface area contributed by atoms with E-state index in [1.807, 2.05) is 6.92 Å². The number of hydrogen-bond donors (Lipinski definition) is 2. The van der Waals surface area contributed by atoms with Gasteiger partial charge in [-0.2, -0.15) is 0 Å². The lowest BCUT2D eigenvalue weighted by molar-refractivity contribution is 0.515. The van der Waals surface area contributed by atoms with E-state index in [1.54, 1.807) is 6.07 Å². The zero-order valence-corrected chi connectivity index (χ0v) is 13.1. The predicted molar refractivity (Wildman–Crippen MR) is 81.8 cm³/mol. The average molecular weight is 325 g/mol. The Balaban J connectivity index is 0.00000361. The number of benzene rings is 1. The van der Waals surface area contributed by atoms with E-state index in [9.17, 15) is 12.8 Å². The van der Waals surface area contributed by atoms with Gasteiger partial charge in [0.2, 0.25) is 10.0 Å². The molecule has 1 atom stereocenters. The highest BCUT2D eigenvalue weighted by Gasteiger charge is 2.17. The smallest absolute Gasteiger partial charge is 0.216 e. The van der Waals surface area contributed by atoms with Crippen molar-refractivity contribution in [3.8, 4) is 0 Å². The van der Waals surface area contributed by atoms with Crippen LogP contribution in [-0.2, 0) is 15.8 Å². The summed E-state index contributed by atoms with van der Waals surface area (Å²) in [5.74, 6) is -0.665. The van der Waals surface area contributed by atoms with Crippen LogP contribution in [0.3, 0.4) is 0 Å². The number of halogens is 2. The van der Waals surface area contributed by atoms with Gasteiger partial charge in [-0.25, -0.2) is 17.5 Å². The van der Waals surface area contributed by atoms with Crippen LogP contribution in [-0.4, -0.2) is 21.0 Å². The summed E-state index contributed by atoms with van der Waals surface area (Å²) >= 11 is 0. The minimum Gasteiger partial charge on any atom is -0.329 e. The van der Waals surface area contributed by atoms with E-state index in [4.69, 9.17) is 5.73 Å². The van der Waals surface area contributed by atoms with Gasteiger partial charge in [0, 0.05) is 12.6 Å². The van der Waals surface area contributed by atoms with Gasteiger partial charge in [0.1, 0.15) is 5.82 Å². The van der Waals surface area contributed by atoms with Gasteiger partial charge < -0.3 is 5.73 Å². The van der Waals surface area contributed by atoms with E-state index in [0.717, 1.165) is 19.3 Å². The lowest BCUT2D eigenvalue weighted by Gasteiger charge is -2.16. The number of unbranched alkanes of at least 4 members (excludes halogenated alkanes) is 1. The average Bonchev–Trinajstić information content (AvgIpc) is 2.33. The zero-order valence-electron chi connectivity index (χ0n) is 11.5. The van der Waals surface area contributed by atoms with Crippen molar-refractivity contribution in [2.24, 2.45) is 5.73 Å². The van der Waals surface area contributed by atoms with Crippen LogP contribution >= 0.6 is 12.4 Å². The van der Waals surface area contributed by atoms with Gasteiger partial charge in [0.25, 0.3) is 0 Å². The van der Waals surface area contributed by atoms with Crippen LogP contribution in [0.25, 0.3) is 0 Å². The van der Waals surface area contributed by atoms with Crippen LogP contribution in [0, 0.1) is 5.82 Å². The van der Waals surface area contributed by atoms with Crippen molar-refractivity contribution in [3.05, 3.63) is 35.6 Å². The van der Waals surface area contributed by atoms with E-state index < -0.39 is 15.8 Å². The molecule has 3 N–H and O–H groups in total. The fourth-order valence-electron chi connectivity index (χ4n) is 1.82. The van der Waals surface area contributed by atoms with Gasteiger partial charge in [0.05, 0.1) is 5.75 Å². The largest absolute Gasteiger partial charge is 0.329 e. The lowest BCUT2D eigenvalue weighted by Crippen LogP contribution is -2.40. The van der Waals surface area contributed by atoms with Crippen molar-refractivity contribution in [2.45, 2.75) is 38.0 Å². The van der Waals surface area contributed by atoms with Crippen molar-refractivity contribution in [1.82, 2.24) is 4.72 Å². The first-order valence-electron chi connectivity index (χ1n) is 6.41. The van der Waals surface area contributed by atoms with Crippen LogP contribution in [0.5, 0.6) is 0 Å². The Kier molecular flexibility index (Phi) is 8.96. The number of sulfonamides is 1. The van der Waals surface area contributed by atoms with Gasteiger partial charge in [-0.15, -0.1) is 12.4 Å². The Labute approximate surface area is 126 Å². The molecule has 0 saturated heterocycles. The summed E-state index contributed by atoms with van der Waals surface area (Å²) in [6.45, 7) is 2.30. The fourth-order valence-corrected chi connectivity index (χ4v) is 3.24. The lowest BCUT2D eigenvalue weighted by atomic mass is 10.1. The molecule has 0 spiro atoms.